The van der Waals surface area contributed by atoms with Gasteiger partial charge in [-0.25, -0.2) is 4.98 Å². The molecular formula is C13H19N3OS. The van der Waals surface area contributed by atoms with Gasteiger partial charge in [0.15, 0.2) is 5.16 Å². The zero-order valence-corrected chi connectivity index (χ0v) is 11.4. The summed E-state index contributed by atoms with van der Waals surface area (Å²) in [6, 6.07) is 8.06. The maximum atomic E-state index is 5.64. The predicted octanol–water partition coefficient (Wildman–Crippen LogP) is 2.41. The van der Waals surface area contributed by atoms with Crippen LogP contribution in [-0.2, 0) is 4.74 Å². The first kappa shape index (κ1) is 13.4. The van der Waals surface area contributed by atoms with Crippen molar-refractivity contribution in [2.75, 3.05) is 18.9 Å². The fraction of sp³-hybridized carbons (Fsp3) is 0.462. The molecule has 1 aromatic carbocycles. The van der Waals surface area contributed by atoms with Crippen LogP contribution in [0.2, 0.25) is 0 Å². The number of para-hydroxylation sites is 2. The molecule has 0 bridgehead atoms. The topological polar surface area (TPSA) is 63.9 Å². The van der Waals surface area contributed by atoms with Crippen LogP contribution in [0.25, 0.3) is 11.0 Å². The molecule has 1 heterocycles. The van der Waals surface area contributed by atoms with Gasteiger partial charge in [0.1, 0.15) is 0 Å². The number of nitrogens with one attached hydrogen (secondary N) is 1. The van der Waals surface area contributed by atoms with E-state index >= 15 is 0 Å². The molecule has 0 spiro atoms. The van der Waals surface area contributed by atoms with Gasteiger partial charge in [-0.3, -0.25) is 0 Å². The maximum absolute atomic E-state index is 5.64. The molecule has 5 heteroatoms. The van der Waals surface area contributed by atoms with Crippen molar-refractivity contribution < 1.29 is 4.74 Å². The average molecular weight is 265 g/mol. The van der Waals surface area contributed by atoms with Crippen LogP contribution in [0.15, 0.2) is 29.4 Å². The molecule has 1 atom stereocenters. The van der Waals surface area contributed by atoms with Crippen molar-refractivity contribution in [3.05, 3.63) is 24.3 Å². The molecule has 0 saturated carbocycles. The molecular weight excluding hydrogens is 246 g/mol. The summed E-state index contributed by atoms with van der Waals surface area (Å²) in [4.78, 5) is 7.82. The minimum Gasteiger partial charge on any atom is -0.377 e. The minimum atomic E-state index is 0.159. The molecule has 98 valence electrons. The highest BCUT2D eigenvalue weighted by atomic mass is 32.2. The number of hydrogen-bond acceptors (Lipinski definition) is 4. The average Bonchev–Trinajstić information content (AvgIpc) is 2.80. The van der Waals surface area contributed by atoms with Crippen LogP contribution in [0.1, 0.15) is 13.3 Å². The molecule has 0 fully saturated rings. The van der Waals surface area contributed by atoms with Crippen LogP contribution in [0.4, 0.5) is 0 Å². The third-order valence-corrected chi connectivity index (χ3v) is 3.62. The van der Waals surface area contributed by atoms with Crippen molar-refractivity contribution in [1.82, 2.24) is 9.97 Å². The van der Waals surface area contributed by atoms with E-state index in [9.17, 15) is 0 Å². The normalized spacial score (nSPS) is 13.0. The number of ether oxygens (including phenoxy) is 1. The smallest absolute Gasteiger partial charge is 0.166 e. The van der Waals surface area contributed by atoms with E-state index in [0.29, 0.717) is 6.54 Å². The summed E-state index contributed by atoms with van der Waals surface area (Å²) in [5.41, 5.74) is 7.74. The van der Waals surface area contributed by atoms with Crippen LogP contribution in [0.5, 0.6) is 0 Å². The molecule has 2 rings (SSSR count). The van der Waals surface area contributed by atoms with Crippen molar-refractivity contribution in [3.63, 3.8) is 0 Å². The Morgan fingerprint density at radius 2 is 2.28 bits per heavy atom. The summed E-state index contributed by atoms with van der Waals surface area (Å²) < 4.78 is 5.52. The standard InChI is InChI=1S/C13H19N3OS/c1-2-17-10(9-14)7-8-18-13-15-11-5-3-4-6-12(11)16-13/h3-6,10H,2,7-9,14H2,1H3,(H,15,16). The molecule has 0 saturated heterocycles. The van der Waals surface area contributed by atoms with Crippen LogP contribution >= 0.6 is 11.8 Å². The SMILES string of the molecule is CCOC(CN)CCSc1nc2ccccc2[nH]1. The van der Waals surface area contributed by atoms with Gasteiger partial charge in [-0.15, -0.1) is 0 Å². The molecule has 3 N–H and O–H groups in total. The molecule has 0 aliphatic heterocycles. The van der Waals surface area contributed by atoms with Crippen molar-refractivity contribution in [2.45, 2.75) is 24.6 Å². The molecule has 0 aliphatic rings. The first-order chi connectivity index (χ1) is 8.83. The second kappa shape index (κ2) is 6.78. The third kappa shape index (κ3) is 3.48. The molecule has 1 unspecified atom stereocenters. The molecule has 2 aromatic rings. The molecule has 0 aliphatic carbocycles. The van der Waals surface area contributed by atoms with E-state index in [4.69, 9.17) is 10.5 Å². The van der Waals surface area contributed by atoms with Gasteiger partial charge in [0.05, 0.1) is 17.1 Å². The predicted molar refractivity (Wildman–Crippen MR) is 75.9 cm³/mol. The second-order valence-electron chi connectivity index (χ2n) is 4.01. The number of aromatic nitrogens is 2. The summed E-state index contributed by atoms with van der Waals surface area (Å²) >= 11 is 1.71. The van der Waals surface area contributed by atoms with E-state index in [1.807, 2.05) is 31.2 Å². The number of imidazole rings is 1. The molecule has 0 radical (unpaired) electrons. The number of thioether (sulfide) groups is 1. The number of rotatable bonds is 7. The summed E-state index contributed by atoms with van der Waals surface area (Å²) in [7, 11) is 0. The van der Waals surface area contributed by atoms with Crippen LogP contribution in [0.3, 0.4) is 0 Å². The van der Waals surface area contributed by atoms with Crippen molar-refractivity contribution >= 4 is 22.8 Å². The van der Waals surface area contributed by atoms with E-state index < -0.39 is 0 Å². The fourth-order valence-corrected chi connectivity index (χ4v) is 2.71. The van der Waals surface area contributed by atoms with Crippen molar-refractivity contribution in [3.8, 4) is 0 Å². The van der Waals surface area contributed by atoms with Gasteiger partial charge in [0.25, 0.3) is 0 Å². The Hall–Kier alpha value is -1.04. The lowest BCUT2D eigenvalue weighted by molar-refractivity contribution is 0.0674. The third-order valence-electron chi connectivity index (χ3n) is 2.71. The number of fused-ring (bicyclic) bond motifs is 1. The fourth-order valence-electron chi connectivity index (χ4n) is 1.79. The summed E-state index contributed by atoms with van der Waals surface area (Å²) in [6.07, 6.45) is 1.11. The minimum absolute atomic E-state index is 0.159. The maximum Gasteiger partial charge on any atom is 0.166 e. The van der Waals surface area contributed by atoms with Crippen molar-refractivity contribution in [2.24, 2.45) is 5.73 Å². The van der Waals surface area contributed by atoms with Gasteiger partial charge in [-0.1, -0.05) is 23.9 Å². The van der Waals surface area contributed by atoms with Gasteiger partial charge >= 0.3 is 0 Å². The number of aromatic amines is 1. The zero-order valence-electron chi connectivity index (χ0n) is 10.6. The Labute approximate surface area is 111 Å². The van der Waals surface area contributed by atoms with E-state index in [1.54, 1.807) is 11.8 Å². The first-order valence-electron chi connectivity index (χ1n) is 6.22. The second-order valence-corrected chi connectivity index (χ2v) is 5.09. The molecule has 0 amide bonds. The largest absolute Gasteiger partial charge is 0.377 e. The number of hydrogen-bond donors (Lipinski definition) is 2. The Morgan fingerprint density at radius 3 is 3.00 bits per heavy atom. The van der Waals surface area contributed by atoms with Crippen LogP contribution in [-0.4, -0.2) is 35.0 Å². The number of nitrogens with two attached hydrogens (primary N) is 1. The molecule has 18 heavy (non-hydrogen) atoms. The van der Waals surface area contributed by atoms with Crippen LogP contribution in [0, 0.1) is 0 Å². The lowest BCUT2D eigenvalue weighted by atomic mass is 10.3. The number of H-pyrrole nitrogens is 1. The highest BCUT2D eigenvalue weighted by Crippen LogP contribution is 2.20. The molecule has 4 nitrogen and oxygen atoms in total. The Morgan fingerprint density at radius 1 is 1.44 bits per heavy atom. The highest BCUT2D eigenvalue weighted by Gasteiger charge is 2.07. The Kier molecular flexibility index (Phi) is 5.04. The van der Waals surface area contributed by atoms with E-state index in [2.05, 4.69) is 9.97 Å². The van der Waals surface area contributed by atoms with Gasteiger partial charge < -0.3 is 15.5 Å². The summed E-state index contributed by atoms with van der Waals surface area (Å²) in [5, 5.41) is 0.962. The quantitative estimate of drug-likeness (QED) is 0.755. The Balaban J connectivity index is 1.86. The van der Waals surface area contributed by atoms with E-state index in [0.717, 1.165) is 35.0 Å². The zero-order chi connectivity index (χ0) is 12.8. The number of benzene rings is 1. The van der Waals surface area contributed by atoms with Gasteiger partial charge in [-0.05, 0) is 25.5 Å². The lowest BCUT2D eigenvalue weighted by Crippen LogP contribution is -2.24. The van der Waals surface area contributed by atoms with Crippen molar-refractivity contribution in [1.29, 1.82) is 0 Å². The summed E-state index contributed by atoms with van der Waals surface area (Å²) in [6.45, 7) is 3.29. The highest BCUT2D eigenvalue weighted by molar-refractivity contribution is 7.99. The van der Waals surface area contributed by atoms with E-state index in [-0.39, 0.29) is 6.10 Å². The van der Waals surface area contributed by atoms with Gasteiger partial charge in [-0.2, -0.15) is 0 Å². The summed E-state index contributed by atoms with van der Waals surface area (Å²) in [5.74, 6) is 0.960. The number of nitrogens with zero attached hydrogens (tertiary/aromatic N) is 1. The monoisotopic (exact) mass is 265 g/mol. The van der Waals surface area contributed by atoms with Crippen LogP contribution < -0.4 is 5.73 Å². The van der Waals surface area contributed by atoms with Gasteiger partial charge in [0.2, 0.25) is 0 Å². The van der Waals surface area contributed by atoms with Gasteiger partial charge in [0, 0.05) is 18.9 Å². The first-order valence-corrected chi connectivity index (χ1v) is 7.21. The Bertz CT molecular complexity index is 453. The lowest BCUT2D eigenvalue weighted by Gasteiger charge is -2.13. The van der Waals surface area contributed by atoms with E-state index in [1.165, 1.54) is 0 Å². The molecule has 1 aromatic heterocycles.